The third-order valence-corrected chi connectivity index (χ3v) is 1.99. The average molecular weight is 194 g/mol. The zero-order valence-electron chi connectivity index (χ0n) is 8.59. The molecule has 0 N–H and O–H groups in total. The summed E-state index contributed by atoms with van der Waals surface area (Å²) in [6.45, 7) is 4.65. The molecule has 1 aromatic carbocycles. The van der Waals surface area contributed by atoms with E-state index in [9.17, 15) is 4.39 Å². The van der Waals surface area contributed by atoms with E-state index in [1.54, 1.807) is 18.4 Å². The van der Waals surface area contributed by atoms with Gasteiger partial charge in [0, 0.05) is 0 Å². The quantitative estimate of drug-likeness (QED) is 0.665. The maximum Gasteiger partial charge on any atom is 0.123 e. The average Bonchev–Trinajstić information content (AvgIpc) is 2.21. The summed E-state index contributed by atoms with van der Waals surface area (Å²) in [6, 6.07) is 6.46. The molecule has 0 radical (unpaired) electrons. The third-order valence-electron chi connectivity index (χ3n) is 1.99. The molecule has 0 aliphatic rings. The Morgan fingerprint density at radius 3 is 2.43 bits per heavy atom. The molecule has 1 nitrogen and oxygen atoms in total. The second kappa shape index (κ2) is 5.43. The molecule has 0 bridgehead atoms. The Labute approximate surface area is 84.2 Å². The minimum atomic E-state index is -0.208. The minimum Gasteiger partial charge on any atom is -0.501 e. The first-order valence-corrected chi connectivity index (χ1v) is 4.84. The van der Waals surface area contributed by atoms with Crippen LogP contribution in [0.5, 0.6) is 0 Å². The predicted molar refractivity (Wildman–Crippen MR) is 56.3 cm³/mol. The molecule has 0 saturated carbocycles. The lowest BCUT2D eigenvalue weighted by Crippen LogP contribution is -1.86. The molecule has 0 unspecified atom stereocenters. The molecule has 0 amide bonds. The first-order valence-electron chi connectivity index (χ1n) is 4.84. The van der Waals surface area contributed by atoms with Gasteiger partial charge < -0.3 is 4.74 Å². The summed E-state index contributed by atoms with van der Waals surface area (Å²) in [5, 5.41) is 0. The van der Waals surface area contributed by atoms with Crippen molar-refractivity contribution < 1.29 is 9.13 Å². The van der Waals surface area contributed by atoms with Crippen molar-refractivity contribution in [3.05, 3.63) is 41.9 Å². The largest absolute Gasteiger partial charge is 0.501 e. The van der Waals surface area contributed by atoms with Crippen LogP contribution in [0.3, 0.4) is 0 Å². The summed E-state index contributed by atoms with van der Waals surface area (Å²) in [7, 11) is 0. The van der Waals surface area contributed by atoms with E-state index in [2.05, 4.69) is 0 Å². The van der Waals surface area contributed by atoms with Gasteiger partial charge in [0.05, 0.1) is 12.9 Å². The highest BCUT2D eigenvalue weighted by molar-refractivity contribution is 5.64. The molecule has 14 heavy (non-hydrogen) atoms. The van der Waals surface area contributed by atoms with E-state index in [-0.39, 0.29) is 5.82 Å². The number of halogens is 1. The first kappa shape index (κ1) is 10.8. The molecule has 0 heterocycles. The van der Waals surface area contributed by atoms with Gasteiger partial charge in [-0.3, -0.25) is 0 Å². The van der Waals surface area contributed by atoms with Crippen LogP contribution in [0.1, 0.15) is 25.8 Å². The molecule has 0 aliphatic carbocycles. The van der Waals surface area contributed by atoms with Gasteiger partial charge in [0.2, 0.25) is 0 Å². The van der Waals surface area contributed by atoms with Gasteiger partial charge in [-0.15, -0.1) is 0 Å². The van der Waals surface area contributed by atoms with E-state index in [1.165, 1.54) is 12.1 Å². The molecule has 0 spiro atoms. The highest BCUT2D eigenvalue weighted by Gasteiger charge is 1.99. The molecule has 0 aliphatic heterocycles. The van der Waals surface area contributed by atoms with Gasteiger partial charge in [-0.25, -0.2) is 4.39 Å². The highest BCUT2D eigenvalue weighted by Crippen LogP contribution is 2.18. The zero-order chi connectivity index (χ0) is 10.4. The summed E-state index contributed by atoms with van der Waals surface area (Å²) in [5.41, 5.74) is 2.11. The summed E-state index contributed by atoms with van der Waals surface area (Å²) < 4.78 is 17.9. The fourth-order valence-electron chi connectivity index (χ4n) is 1.20. The molecule has 0 aromatic heterocycles. The molecule has 0 atom stereocenters. The lowest BCUT2D eigenvalue weighted by molar-refractivity contribution is 0.270. The molecule has 76 valence electrons. The standard InChI is InChI=1S/C12H15FO/c1-3-10(9-14-4-2)11-5-7-12(13)8-6-11/h5-9H,3-4H2,1-2H3/b10-9+. The lowest BCUT2D eigenvalue weighted by atomic mass is 10.1. The molecule has 0 saturated heterocycles. The summed E-state index contributed by atoms with van der Waals surface area (Å²) in [5.74, 6) is -0.208. The Hall–Kier alpha value is -1.31. The zero-order valence-corrected chi connectivity index (χ0v) is 8.59. The number of rotatable bonds is 4. The summed E-state index contributed by atoms with van der Waals surface area (Å²) in [6.07, 6.45) is 2.62. The van der Waals surface area contributed by atoms with Crippen molar-refractivity contribution in [1.82, 2.24) is 0 Å². The van der Waals surface area contributed by atoms with E-state index in [0.717, 1.165) is 17.6 Å². The van der Waals surface area contributed by atoms with Crippen molar-refractivity contribution in [2.45, 2.75) is 20.3 Å². The van der Waals surface area contributed by atoms with Crippen molar-refractivity contribution in [1.29, 1.82) is 0 Å². The Kier molecular flexibility index (Phi) is 4.17. The van der Waals surface area contributed by atoms with Gasteiger partial charge in [0.25, 0.3) is 0 Å². The number of allylic oxidation sites excluding steroid dienone is 1. The van der Waals surface area contributed by atoms with Crippen LogP contribution in [-0.4, -0.2) is 6.61 Å². The second-order valence-electron chi connectivity index (χ2n) is 2.96. The summed E-state index contributed by atoms with van der Waals surface area (Å²) >= 11 is 0. The van der Waals surface area contributed by atoms with Crippen LogP contribution in [0.2, 0.25) is 0 Å². The van der Waals surface area contributed by atoms with E-state index in [1.807, 2.05) is 13.8 Å². The van der Waals surface area contributed by atoms with Crippen LogP contribution in [-0.2, 0) is 4.74 Å². The maximum atomic E-state index is 12.7. The monoisotopic (exact) mass is 194 g/mol. The van der Waals surface area contributed by atoms with Gasteiger partial charge in [-0.1, -0.05) is 19.1 Å². The predicted octanol–water partition coefficient (Wildman–Crippen LogP) is 3.61. The van der Waals surface area contributed by atoms with Crippen molar-refractivity contribution >= 4 is 5.57 Å². The first-order chi connectivity index (χ1) is 6.77. The van der Waals surface area contributed by atoms with Gasteiger partial charge >= 0.3 is 0 Å². The van der Waals surface area contributed by atoms with Crippen molar-refractivity contribution in [3.8, 4) is 0 Å². The Morgan fingerprint density at radius 2 is 1.93 bits per heavy atom. The normalized spacial score (nSPS) is 11.5. The van der Waals surface area contributed by atoms with E-state index < -0.39 is 0 Å². The minimum absolute atomic E-state index is 0.208. The second-order valence-corrected chi connectivity index (χ2v) is 2.96. The van der Waals surface area contributed by atoms with Crippen LogP contribution < -0.4 is 0 Å². The molecular formula is C12H15FO. The van der Waals surface area contributed by atoms with Crippen LogP contribution in [0.25, 0.3) is 5.57 Å². The van der Waals surface area contributed by atoms with Gasteiger partial charge in [-0.05, 0) is 36.6 Å². The van der Waals surface area contributed by atoms with Gasteiger partial charge in [-0.2, -0.15) is 0 Å². The fraction of sp³-hybridized carbons (Fsp3) is 0.333. The molecule has 1 rings (SSSR count). The Morgan fingerprint density at radius 1 is 1.29 bits per heavy atom. The van der Waals surface area contributed by atoms with E-state index >= 15 is 0 Å². The van der Waals surface area contributed by atoms with Gasteiger partial charge in [0.15, 0.2) is 0 Å². The SMILES string of the molecule is CCO/C=C(\CC)c1ccc(F)cc1. The fourth-order valence-corrected chi connectivity index (χ4v) is 1.20. The number of hydrogen-bond acceptors (Lipinski definition) is 1. The lowest BCUT2D eigenvalue weighted by Gasteiger charge is -2.05. The van der Waals surface area contributed by atoms with Crippen LogP contribution in [0.4, 0.5) is 4.39 Å². The molecule has 0 fully saturated rings. The van der Waals surface area contributed by atoms with Crippen LogP contribution >= 0.6 is 0 Å². The number of ether oxygens (including phenoxy) is 1. The highest BCUT2D eigenvalue weighted by atomic mass is 19.1. The van der Waals surface area contributed by atoms with E-state index in [4.69, 9.17) is 4.74 Å². The topological polar surface area (TPSA) is 9.23 Å². The smallest absolute Gasteiger partial charge is 0.123 e. The third kappa shape index (κ3) is 2.87. The molecule has 1 aromatic rings. The van der Waals surface area contributed by atoms with E-state index in [0.29, 0.717) is 6.61 Å². The number of benzene rings is 1. The van der Waals surface area contributed by atoms with Crippen molar-refractivity contribution in [2.24, 2.45) is 0 Å². The molecule has 2 heteroatoms. The summed E-state index contributed by atoms with van der Waals surface area (Å²) in [4.78, 5) is 0. The molecular weight excluding hydrogens is 179 g/mol. The Balaban J connectivity index is 2.84. The number of hydrogen-bond donors (Lipinski definition) is 0. The van der Waals surface area contributed by atoms with Crippen LogP contribution in [0, 0.1) is 5.82 Å². The Bertz CT molecular complexity index is 301. The maximum absolute atomic E-state index is 12.7. The van der Waals surface area contributed by atoms with Crippen molar-refractivity contribution in [3.63, 3.8) is 0 Å². The van der Waals surface area contributed by atoms with Gasteiger partial charge in [0.1, 0.15) is 5.82 Å². The van der Waals surface area contributed by atoms with Crippen molar-refractivity contribution in [2.75, 3.05) is 6.61 Å². The van der Waals surface area contributed by atoms with Crippen LogP contribution in [0.15, 0.2) is 30.5 Å².